The fraction of sp³-hybridized carbons (Fsp3) is 0.769. The molecule has 16 heavy (non-hydrogen) atoms. The number of imidazole rings is 1. The Bertz CT molecular complexity index is 287. The predicted molar refractivity (Wildman–Crippen MR) is 68.3 cm³/mol. The SMILES string of the molecule is CCC(CC)Cn1cnc(CNC(C)C)c1. The van der Waals surface area contributed by atoms with E-state index >= 15 is 0 Å². The Hall–Kier alpha value is -0.830. The van der Waals surface area contributed by atoms with Crippen molar-refractivity contribution in [3.63, 3.8) is 0 Å². The molecule has 0 bridgehead atoms. The maximum absolute atomic E-state index is 4.41. The van der Waals surface area contributed by atoms with Gasteiger partial charge in [0.25, 0.3) is 0 Å². The van der Waals surface area contributed by atoms with Crippen LogP contribution in [0.4, 0.5) is 0 Å². The highest BCUT2D eigenvalue weighted by atomic mass is 15.0. The summed E-state index contributed by atoms with van der Waals surface area (Å²) < 4.78 is 2.22. The molecule has 92 valence electrons. The maximum Gasteiger partial charge on any atom is 0.0950 e. The molecule has 0 radical (unpaired) electrons. The van der Waals surface area contributed by atoms with Crippen LogP contribution in [-0.4, -0.2) is 15.6 Å². The second-order valence-electron chi connectivity index (χ2n) is 4.78. The van der Waals surface area contributed by atoms with Crippen LogP contribution in [0.15, 0.2) is 12.5 Å². The van der Waals surface area contributed by atoms with Crippen LogP contribution in [0.1, 0.15) is 46.2 Å². The summed E-state index contributed by atoms with van der Waals surface area (Å²) >= 11 is 0. The molecule has 1 rings (SSSR count). The summed E-state index contributed by atoms with van der Waals surface area (Å²) in [5.41, 5.74) is 1.14. The minimum Gasteiger partial charge on any atom is -0.337 e. The lowest BCUT2D eigenvalue weighted by atomic mass is 10.0. The Morgan fingerprint density at radius 1 is 1.31 bits per heavy atom. The molecule has 0 fully saturated rings. The molecule has 1 heterocycles. The van der Waals surface area contributed by atoms with Crippen molar-refractivity contribution in [1.82, 2.24) is 14.9 Å². The van der Waals surface area contributed by atoms with Crippen LogP contribution < -0.4 is 5.32 Å². The highest BCUT2D eigenvalue weighted by Crippen LogP contribution is 2.11. The van der Waals surface area contributed by atoms with Gasteiger partial charge in [-0.15, -0.1) is 0 Å². The van der Waals surface area contributed by atoms with Gasteiger partial charge in [0.2, 0.25) is 0 Å². The number of nitrogens with one attached hydrogen (secondary N) is 1. The second kappa shape index (κ2) is 6.69. The van der Waals surface area contributed by atoms with Crippen LogP contribution in [0.2, 0.25) is 0 Å². The zero-order valence-corrected chi connectivity index (χ0v) is 11.0. The zero-order chi connectivity index (χ0) is 12.0. The Morgan fingerprint density at radius 3 is 2.56 bits per heavy atom. The summed E-state index contributed by atoms with van der Waals surface area (Å²) in [6.45, 7) is 10.8. The molecule has 0 aliphatic carbocycles. The molecular formula is C13H25N3. The third-order valence-electron chi connectivity index (χ3n) is 3.00. The molecule has 1 N–H and O–H groups in total. The van der Waals surface area contributed by atoms with Crippen molar-refractivity contribution >= 4 is 0 Å². The Balaban J connectivity index is 2.44. The quantitative estimate of drug-likeness (QED) is 0.770. The van der Waals surface area contributed by atoms with Crippen LogP contribution >= 0.6 is 0 Å². The van der Waals surface area contributed by atoms with E-state index in [1.807, 2.05) is 6.33 Å². The van der Waals surface area contributed by atoms with Crippen LogP contribution in [0.3, 0.4) is 0 Å². The van der Waals surface area contributed by atoms with Gasteiger partial charge in [0.05, 0.1) is 12.0 Å². The molecule has 0 saturated heterocycles. The van der Waals surface area contributed by atoms with Gasteiger partial charge in [-0.2, -0.15) is 0 Å². The molecule has 0 unspecified atom stereocenters. The molecule has 1 aromatic rings. The molecule has 1 aromatic heterocycles. The number of rotatable bonds is 7. The van der Waals surface area contributed by atoms with E-state index in [0.717, 1.165) is 24.7 Å². The van der Waals surface area contributed by atoms with E-state index in [1.54, 1.807) is 0 Å². The fourth-order valence-corrected chi connectivity index (χ4v) is 1.75. The highest BCUT2D eigenvalue weighted by molar-refractivity contribution is 4.96. The first-order valence-corrected chi connectivity index (χ1v) is 6.39. The van der Waals surface area contributed by atoms with Crippen molar-refractivity contribution in [2.75, 3.05) is 0 Å². The molecule has 0 atom stereocenters. The first-order chi connectivity index (χ1) is 7.65. The van der Waals surface area contributed by atoms with Crippen LogP contribution in [-0.2, 0) is 13.1 Å². The highest BCUT2D eigenvalue weighted by Gasteiger charge is 2.05. The first-order valence-electron chi connectivity index (χ1n) is 6.39. The summed E-state index contributed by atoms with van der Waals surface area (Å²) in [7, 11) is 0. The molecule has 3 heteroatoms. The van der Waals surface area contributed by atoms with E-state index in [2.05, 4.69) is 48.8 Å². The number of aromatic nitrogens is 2. The topological polar surface area (TPSA) is 29.9 Å². The van der Waals surface area contributed by atoms with Crippen molar-refractivity contribution < 1.29 is 0 Å². The van der Waals surface area contributed by atoms with E-state index in [1.165, 1.54) is 12.8 Å². The first kappa shape index (κ1) is 13.2. The summed E-state index contributed by atoms with van der Waals surface area (Å²) in [6, 6.07) is 0.518. The van der Waals surface area contributed by atoms with E-state index in [0.29, 0.717) is 6.04 Å². The van der Waals surface area contributed by atoms with Gasteiger partial charge >= 0.3 is 0 Å². The Labute approximate surface area is 99.3 Å². The third-order valence-corrected chi connectivity index (χ3v) is 3.00. The maximum atomic E-state index is 4.41. The second-order valence-corrected chi connectivity index (χ2v) is 4.78. The normalized spacial score (nSPS) is 11.6. The van der Waals surface area contributed by atoms with Crippen molar-refractivity contribution in [2.24, 2.45) is 5.92 Å². The number of nitrogens with zero attached hydrogens (tertiary/aromatic N) is 2. The minimum atomic E-state index is 0.518. The van der Waals surface area contributed by atoms with Gasteiger partial charge in [-0.05, 0) is 5.92 Å². The van der Waals surface area contributed by atoms with Crippen LogP contribution in [0.25, 0.3) is 0 Å². The smallest absolute Gasteiger partial charge is 0.0950 e. The van der Waals surface area contributed by atoms with E-state index in [9.17, 15) is 0 Å². The molecular weight excluding hydrogens is 198 g/mol. The Morgan fingerprint density at radius 2 is 2.00 bits per heavy atom. The van der Waals surface area contributed by atoms with E-state index < -0.39 is 0 Å². The van der Waals surface area contributed by atoms with Gasteiger partial charge in [0.15, 0.2) is 0 Å². The van der Waals surface area contributed by atoms with E-state index in [-0.39, 0.29) is 0 Å². The summed E-state index contributed by atoms with van der Waals surface area (Å²) in [5, 5.41) is 3.38. The minimum absolute atomic E-state index is 0.518. The molecule has 0 aromatic carbocycles. The Kier molecular flexibility index (Phi) is 5.53. The molecule has 3 nitrogen and oxygen atoms in total. The lowest BCUT2D eigenvalue weighted by Gasteiger charge is -2.12. The summed E-state index contributed by atoms with van der Waals surface area (Å²) in [5.74, 6) is 0.778. The number of hydrogen-bond donors (Lipinski definition) is 1. The predicted octanol–water partition coefficient (Wildman–Crippen LogP) is 2.82. The van der Waals surface area contributed by atoms with Crippen molar-refractivity contribution in [2.45, 2.75) is 59.7 Å². The van der Waals surface area contributed by atoms with Crippen LogP contribution in [0, 0.1) is 5.92 Å². The molecule has 0 saturated carbocycles. The summed E-state index contributed by atoms with van der Waals surface area (Å²) in [4.78, 5) is 4.41. The van der Waals surface area contributed by atoms with Gasteiger partial charge in [0, 0.05) is 25.3 Å². The molecule has 0 aliphatic rings. The third kappa shape index (κ3) is 4.35. The average molecular weight is 223 g/mol. The zero-order valence-electron chi connectivity index (χ0n) is 11.0. The van der Waals surface area contributed by atoms with Gasteiger partial charge < -0.3 is 9.88 Å². The van der Waals surface area contributed by atoms with Gasteiger partial charge in [-0.1, -0.05) is 40.5 Å². The largest absolute Gasteiger partial charge is 0.337 e. The molecule has 0 amide bonds. The van der Waals surface area contributed by atoms with E-state index in [4.69, 9.17) is 0 Å². The van der Waals surface area contributed by atoms with Crippen LogP contribution in [0.5, 0.6) is 0 Å². The number of hydrogen-bond acceptors (Lipinski definition) is 2. The molecule has 0 spiro atoms. The van der Waals surface area contributed by atoms with Gasteiger partial charge in [-0.25, -0.2) is 4.98 Å². The molecule has 0 aliphatic heterocycles. The fourth-order valence-electron chi connectivity index (χ4n) is 1.75. The standard InChI is InChI=1S/C13H25N3/c1-5-12(6-2)8-16-9-13(15-10-16)7-14-11(3)4/h9-12,14H,5-8H2,1-4H3. The van der Waals surface area contributed by atoms with Crippen molar-refractivity contribution in [1.29, 1.82) is 0 Å². The van der Waals surface area contributed by atoms with Gasteiger partial charge in [-0.3, -0.25) is 0 Å². The van der Waals surface area contributed by atoms with Crippen molar-refractivity contribution in [3.8, 4) is 0 Å². The monoisotopic (exact) mass is 223 g/mol. The summed E-state index contributed by atoms with van der Waals surface area (Å²) in [6.07, 6.45) is 6.60. The lowest BCUT2D eigenvalue weighted by molar-refractivity contribution is 0.418. The van der Waals surface area contributed by atoms with Crippen molar-refractivity contribution in [3.05, 3.63) is 18.2 Å². The lowest BCUT2D eigenvalue weighted by Crippen LogP contribution is -2.21. The average Bonchev–Trinajstić information content (AvgIpc) is 2.70. The van der Waals surface area contributed by atoms with Gasteiger partial charge in [0.1, 0.15) is 0 Å².